The van der Waals surface area contributed by atoms with Crippen molar-refractivity contribution in [2.75, 3.05) is 5.32 Å². The number of hydrogen-bond acceptors (Lipinski definition) is 4. The summed E-state index contributed by atoms with van der Waals surface area (Å²) in [5.41, 5.74) is 2.59. The number of hydrogen-bond donors (Lipinski definition) is 1. The molecule has 0 saturated heterocycles. The minimum atomic E-state index is -0.442. The second kappa shape index (κ2) is 5.69. The molecule has 0 saturated carbocycles. The van der Waals surface area contributed by atoms with E-state index in [4.69, 9.17) is 11.6 Å². The molecule has 0 amide bonds. The minimum absolute atomic E-state index is 0.0433. The molecular formula is C15H14ClN3O2. The lowest BCUT2D eigenvalue weighted by Crippen LogP contribution is -2.28. The van der Waals surface area contributed by atoms with Gasteiger partial charge in [-0.2, -0.15) is 0 Å². The third-order valence-electron chi connectivity index (χ3n) is 3.72. The predicted octanol–water partition coefficient (Wildman–Crippen LogP) is 3.61. The zero-order chi connectivity index (χ0) is 14.8. The number of anilines is 1. The quantitative estimate of drug-likeness (QED) is 0.534. The van der Waals surface area contributed by atoms with Crippen LogP contribution < -0.4 is 5.32 Å². The first-order valence-electron chi connectivity index (χ1n) is 6.78. The van der Waals surface area contributed by atoms with Crippen LogP contribution in [-0.4, -0.2) is 15.9 Å². The van der Waals surface area contributed by atoms with Crippen LogP contribution in [0.25, 0.3) is 0 Å². The van der Waals surface area contributed by atoms with Crippen LogP contribution in [0.3, 0.4) is 0 Å². The average molecular weight is 304 g/mol. The van der Waals surface area contributed by atoms with Crippen molar-refractivity contribution in [2.24, 2.45) is 0 Å². The van der Waals surface area contributed by atoms with E-state index in [0.717, 1.165) is 19.3 Å². The van der Waals surface area contributed by atoms with Crippen LogP contribution in [0.15, 0.2) is 36.4 Å². The number of nitro groups is 1. The van der Waals surface area contributed by atoms with Crippen molar-refractivity contribution in [2.45, 2.75) is 25.3 Å². The fourth-order valence-electron chi connectivity index (χ4n) is 2.70. The maximum atomic E-state index is 11.1. The van der Waals surface area contributed by atoms with Gasteiger partial charge in [0, 0.05) is 12.1 Å². The molecule has 1 N–H and O–H groups in total. The minimum Gasteiger partial charge on any atom is -0.361 e. The molecule has 1 aliphatic rings. The molecule has 108 valence electrons. The van der Waals surface area contributed by atoms with Gasteiger partial charge in [0.15, 0.2) is 0 Å². The molecule has 1 unspecified atom stereocenters. The highest BCUT2D eigenvalue weighted by Crippen LogP contribution is 2.28. The van der Waals surface area contributed by atoms with Crippen molar-refractivity contribution < 1.29 is 4.92 Å². The number of fused-ring (bicyclic) bond motifs is 1. The Morgan fingerprint density at radius 2 is 2.00 bits per heavy atom. The summed E-state index contributed by atoms with van der Waals surface area (Å²) in [6, 6.07) is 11.2. The Labute approximate surface area is 127 Å². The molecule has 2 aromatic rings. The number of halogens is 1. The van der Waals surface area contributed by atoms with E-state index >= 15 is 0 Å². The van der Waals surface area contributed by atoms with E-state index in [1.165, 1.54) is 23.3 Å². The van der Waals surface area contributed by atoms with Crippen molar-refractivity contribution in [3.05, 3.63) is 62.8 Å². The second-order valence-corrected chi connectivity index (χ2v) is 5.50. The SMILES string of the molecule is O=[N+]([O-])c1ccc(Cl)nc1NC1CCc2ccccc2C1. The van der Waals surface area contributed by atoms with E-state index in [2.05, 4.69) is 22.4 Å². The molecule has 5 nitrogen and oxygen atoms in total. The molecule has 0 aliphatic heterocycles. The van der Waals surface area contributed by atoms with Gasteiger partial charge >= 0.3 is 5.69 Å². The number of nitrogens with one attached hydrogen (secondary N) is 1. The van der Waals surface area contributed by atoms with Crippen LogP contribution in [0, 0.1) is 10.1 Å². The number of rotatable bonds is 3. The van der Waals surface area contributed by atoms with E-state index in [0.29, 0.717) is 0 Å². The lowest BCUT2D eigenvalue weighted by atomic mass is 9.88. The lowest BCUT2D eigenvalue weighted by Gasteiger charge is -2.25. The summed E-state index contributed by atoms with van der Waals surface area (Å²) in [5.74, 6) is 0.247. The Hall–Kier alpha value is -2.14. The predicted molar refractivity (Wildman–Crippen MR) is 81.8 cm³/mol. The lowest BCUT2D eigenvalue weighted by molar-refractivity contribution is -0.384. The number of aromatic nitrogens is 1. The summed E-state index contributed by atoms with van der Waals surface area (Å²) in [6.45, 7) is 0. The van der Waals surface area contributed by atoms with Gasteiger partial charge < -0.3 is 5.32 Å². The fourth-order valence-corrected chi connectivity index (χ4v) is 2.84. The van der Waals surface area contributed by atoms with Gasteiger partial charge in [-0.15, -0.1) is 0 Å². The third kappa shape index (κ3) is 2.97. The maximum absolute atomic E-state index is 11.1. The summed E-state index contributed by atoms with van der Waals surface area (Å²) in [6.07, 6.45) is 2.71. The molecule has 0 spiro atoms. The fraction of sp³-hybridized carbons (Fsp3) is 0.267. The summed E-state index contributed by atoms with van der Waals surface area (Å²) in [5, 5.41) is 14.5. The van der Waals surface area contributed by atoms with E-state index in [1.807, 2.05) is 12.1 Å². The molecule has 1 atom stereocenters. The maximum Gasteiger partial charge on any atom is 0.311 e. The van der Waals surface area contributed by atoms with Crippen LogP contribution >= 0.6 is 11.6 Å². The zero-order valence-corrected chi connectivity index (χ0v) is 12.0. The third-order valence-corrected chi connectivity index (χ3v) is 3.93. The van der Waals surface area contributed by atoms with E-state index in [1.54, 1.807) is 0 Å². The van der Waals surface area contributed by atoms with Gasteiger partial charge in [0.05, 0.1) is 4.92 Å². The molecule has 0 radical (unpaired) electrons. The highest BCUT2D eigenvalue weighted by Gasteiger charge is 2.22. The topological polar surface area (TPSA) is 68.1 Å². The standard InChI is InChI=1S/C15H14ClN3O2/c16-14-8-7-13(19(20)21)15(18-14)17-12-6-5-10-3-1-2-4-11(10)9-12/h1-4,7-8,12H,5-6,9H2,(H,17,18). The van der Waals surface area contributed by atoms with Gasteiger partial charge in [-0.25, -0.2) is 4.98 Å². The normalized spacial score (nSPS) is 17.1. The number of aryl methyl sites for hydroxylation is 1. The molecule has 1 heterocycles. The highest BCUT2D eigenvalue weighted by molar-refractivity contribution is 6.29. The number of nitrogens with zero attached hydrogens (tertiary/aromatic N) is 2. The van der Waals surface area contributed by atoms with Crippen molar-refractivity contribution in [3.8, 4) is 0 Å². The van der Waals surface area contributed by atoms with Gasteiger partial charge in [-0.05, 0) is 36.5 Å². The molecular weight excluding hydrogens is 290 g/mol. The Morgan fingerprint density at radius 3 is 2.76 bits per heavy atom. The molecule has 3 rings (SSSR count). The van der Waals surface area contributed by atoms with E-state index < -0.39 is 4.92 Å². The monoisotopic (exact) mass is 303 g/mol. The van der Waals surface area contributed by atoms with Crippen molar-refractivity contribution in [1.29, 1.82) is 0 Å². The van der Waals surface area contributed by atoms with Gasteiger partial charge in [0.1, 0.15) is 5.15 Å². The second-order valence-electron chi connectivity index (χ2n) is 5.11. The molecule has 1 aromatic carbocycles. The molecule has 0 bridgehead atoms. The van der Waals surface area contributed by atoms with Crippen LogP contribution in [0.1, 0.15) is 17.5 Å². The molecule has 0 fully saturated rings. The van der Waals surface area contributed by atoms with Crippen LogP contribution in [-0.2, 0) is 12.8 Å². The summed E-state index contributed by atoms with van der Waals surface area (Å²) >= 11 is 5.85. The van der Waals surface area contributed by atoms with Gasteiger partial charge in [-0.3, -0.25) is 10.1 Å². The first kappa shape index (κ1) is 13.8. The molecule has 1 aromatic heterocycles. The Morgan fingerprint density at radius 1 is 1.24 bits per heavy atom. The summed E-state index contributed by atoms with van der Waals surface area (Å²) in [4.78, 5) is 14.7. The smallest absolute Gasteiger partial charge is 0.311 e. The zero-order valence-electron chi connectivity index (χ0n) is 11.3. The molecule has 6 heteroatoms. The van der Waals surface area contributed by atoms with E-state index in [9.17, 15) is 10.1 Å². The molecule has 1 aliphatic carbocycles. The molecule has 21 heavy (non-hydrogen) atoms. The largest absolute Gasteiger partial charge is 0.361 e. The van der Waals surface area contributed by atoms with Gasteiger partial charge in [0.2, 0.25) is 5.82 Å². The number of benzene rings is 1. The summed E-state index contributed by atoms with van der Waals surface area (Å²) in [7, 11) is 0. The number of pyridine rings is 1. The summed E-state index contributed by atoms with van der Waals surface area (Å²) < 4.78 is 0. The Balaban J connectivity index is 1.82. The van der Waals surface area contributed by atoms with Crippen LogP contribution in [0.4, 0.5) is 11.5 Å². The first-order valence-corrected chi connectivity index (χ1v) is 7.15. The van der Waals surface area contributed by atoms with E-state index in [-0.39, 0.29) is 22.7 Å². The van der Waals surface area contributed by atoms with Crippen LogP contribution in [0.5, 0.6) is 0 Å². The van der Waals surface area contributed by atoms with Crippen LogP contribution in [0.2, 0.25) is 5.15 Å². The Bertz CT molecular complexity index is 690. The van der Waals surface area contributed by atoms with Crippen molar-refractivity contribution in [3.63, 3.8) is 0 Å². The van der Waals surface area contributed by atoms with Crippen molar-refractivity contribution in [1.82, 2.24) is 4.98 Å². The average Bonchev–Trinajstić information content (AvgIpc) is 2.47. The van der Waals surface area contributed by atoms with Crippen molar-refractivity contribution >= 4 is 23.1 Å². The first-order chi connectivity index (χ1) is 10.1. The van der Waals surface area contributed by atoms with Gasteiger partial charge in [0.25, 0.3) is 0 Å². The van der Waals surface area contributed by atoms with Gasteiger partial charge in [-0.1, -0.05) is 35.9 Å². The highest BCUT2D eigenvalue weighted by atomic mass is 35.5. The Kier molecular flexibility index (Phi) is 3.75.